The van der Waals surface area contributed by atoms with Gasteiger partial charge in [0.05, 0.1) is 26.1 Å². The molecule has 198 valence electrons. The van der Waals surface area contributed by atoms with Crippen LogP contribution in [-0.2, 0) is 14.9 Å². The largest absolute Gasteiger partial charge is 0.394 e. The number of hydrogen-bond donors (Lipinski definition) is 4. The van der Waals surface area contributed by atoms with Crippen molar-refractivity contribution in [2.24, 2.45) is 0 Å². The number of rotatable bonds is 5. The number of ether oxygens (including phenoxy) is 2. The van der Waals surface area contributed by atoms with Gasteiger partial charge in [-0.25, -0.2) is 4.98 Å². The molecule has 4 heterocycles. The lowest BCUT2D eigenvalue weighted by Gasteiger charge is -2.28. The highest BCUT2D eigenvalue weighted by Crippen LogP contribution is 2.34. The fraction of sp³-hybridized carbons (Fsp3) is 0.520. The second-order valence-corrected chi connectivity index (χ2v) is 10.3. The summed E-state index contributed by atoms with van der Waals surface area (Å²) in [6.07, 6.45) is -3.12. The standard InChI is InChI=1S/C25H32N6O6/c1-25(2,3)15-6-4-14(5-7-15)22(35)29-24-27-20(30-8-10-36-11-9-30)17-21(28-24)31(13-26-17)23-19(34)18(33)16(12-32)37-23/h4-7,13,16,18-19,23,32-34H,8-12H2,1-3H3,(H,27,28,29,35)/t16-,18-,19-,23-/m1/s1. The van der Waals surface area contributed by atoms with Crippen LogP contribution in [0.1, 0.15) is 42.9 Å². The Labute approximate surface area is 213 Å². The maximum Gasteiger partial charge on any atom is 0.258 e. The van der Waals surface area contributed by atoms with Crippen LogP contribution in [0.4, 0.5) is 11.8 Å². The molecule has 2 saturated heterocycles. The van der Waals surface area contributed by atoms with Gasteiger partial charge in [-0.3, -0.25) is 14.7 Å². The average Bonchev–Trinajstić information content (AvgIpc) is 3.44. The topological polar surface area (TPSA) is 155 Å². The number of nitrogens with zero attached hydrogens (tertiary/aromatic N) is 5. The van der Waals surface area contributed by atoms with Crippen molar-refractivity contribution in [3.05, 3.63) is 41.7 Å². The van der Waals surface area contributed by atoms with Crippen LogP contribution in [0.2, 0.25) is 0 Å². The molecule has 2 aliphatic rings. The SMILES string of the molecule is CC(C)(C)c1ccc(C(=O)Nc2nc(N3CCOCC3)c3ncn([C@@H]4O[C@H](CO)[C@@H](O)[C@H]4O)c3n2)cc1. The molecule has 1 amide bonds. The lowest BCUT2D eigenvalue weighted by atomic mass is 9.87. The summed E-state index contributed by atoms with van der Waals surface area (Å²) in [4.78, 5) is 28.7. The summed E-state index contributed by atoms with van der Waals surface area (Å²) >= 11 is 0. The Hall–Kier alpha value is -3.16. The molecular formula is C25H32N6O6. The minimum absolute atomic E-state index is 0.0376. The van der Waals surface area contributed by atoms with E-state index in [4.69, 9.17) is 9.47 Å². The van der Waals surface area contributed by atoms with E-state index < -0.39 is 31.1 Å². The average molecular weight is 513 g/mol. The van der Waals surface area contributed by atoms with Gasteiger partial charge in [-0.05, 0) is 23.1 Å². The zero-order chi connectivity index (χ0) is 26.3. The predicted octanol–water partition coefficient (Wildman–Crippen LogP) is 0.824. The summed E-state index contributed by atoms with van der Waals surface area (Å²) in [5.41, 5.74) is 2.29. The lowest BCUT2D eigenvalue weighted by molar-refractivity contribution is -0.0511. The third-order valence-electron chi connectivity index (χ3n) is 6.74. The van der Waals surface area contributed by atoms with Gasteiger partial charge >= 0.3 is 0 Å². The van der Waals surface area contributed by atoms with E-state index in [-0.39, 0.29) is 17.3 Å². The first-order chi connectivity index (χ1) is 17.7. The van der Waals surface area contributed by atoms with Crippen LogP contribution in [0.25, 0.3) is 11.2 Å². The third-order valence-corrected chi connectivity index (χ3v) is 6.74. The molecule has 0 saturated carbocycles. The van der Waals surface area contributed by atoms with Gasteiger partial charge in [-0.15, -0.1) is 0 Å². The zero-order valence-electron chi connectivity index (χ0n) is 21.0. The number of aliphatic hydroxyl groups is 3. The summed E-state index contributed by atoms with van der Waals surface area (Å²) in [6.45, 7) is 8.05. The highest BCUT2D eigenvalue weighted by Gasteiger charge is 2.44. The van der Waals surface area contributed by atoms with Crippen LogP contribution in [0.5, 0.6) is 0 Å². The Balaban J connectivity index is 1.51. The van der Waals surface area contributed by atoms with E-state index in [1.807, 2.05) is 17.0 Å². The number of aliphatic hydroxyl groups excluding tert-OH is 3. The molecule has 0 spiro atoms. The van der Waals surface area contributed by atoms with Crippen molar-refractivity contribution < 1.29 is 29.6 Å². The van der Waals surface area contributed by atoms with Crippen molar-refractivity contribution >= 4 is 28.8 Å². The van der Waals surface area contributed by atoms with E-state index >= 15 is 0 Å². The molecule has 5 rings (SSSR count). The van der Waals surface area contributed by atoms with Crippen molar-refractivity contribution in [3.63, 3.8) is 0 Å². The molecule has 0 bridgehead atoms. The fourth-order valence-corrected chi connectivity index (χ4v) is 4.54. The van der Waals surface area contributed by atoms with Crippen LogP contribution in [0.3, 0.4) is 0 Å². The monoisotopic (exact) mass is 512 g/mol. The van der Waals surface area contributed by atoms with E-state index in [1.165, 1.54) is 10.9 Å². The normalized spacial score (nSPS) is 24.5. The first kappa shape index (κ1) is 25.5. The van der Waals surface area contributed by atoms with Crippen molar-refractivity contribution in [2.75, 3.05) is 43.1 Å². The minimum Gasteiger partial charge on any atom is -0.394 e. The number of nitrogens with one attached hydrogen (secondary N) is 1. The number of fused-ring (bicyclic) bond motifs is 1. The molecule has 12 nitrogen and oxygen atoms in total. The molecule has 2 aliphatic heterocycles. The van der Waals surface area contributed by atoms with Gasteiger partial charge in [0.25, 0.3) is 5.91 Å². The Morgan fingerprint density at radius 1 is 1.11 bits per heavy atom. The molecule has 0 unspecified atom stereocenters. The molecule has 2 aromatic heterocycles. The molecule has 12 heteroatoms. The molecule has 3 aromatic rings. The number of imidazole rings is 1. The summed E-state index contributed by atoms with van der Waals surface area (Å²) in [5, 5.41) is 33.1. The van der Waals surface area contributed by atoms with E-state index in [1.54, 1.807) is 12.1 Å². The number of morpholine rings is 1. The predicted molar refractivity (Wildman–Crippen MR) is 134 cm³/mol. The quantitative estimate of drug-likeness (QED) is 0.386. The third kappa shape index (κ3) is 4.90. The van der Waals surface area contributed by atoms with E-state index in [0.29, 0.717) is 48.8 Å². The molecule has 4 atom stereocenters. The highest BCUT2D eigenvalue weighted by molar-refractivity contribution is 6.04. The first-order valence-electron chi connectivity index (χ1n) is 12.3. The number of aromatic nitrogens is 4. The van der Waals surface area contributed by atoms with Gasteiger partial charge in [0, 0.05) is 18.7 Å². The van der Waals surface area contributed by atoms with Gasteiger partial charge in [0.15, 0.2) is 23.2 Å². The minimum atomic E-state index is -1.31. The van der Waals surface area contributed by atoms with Crippen molar-refractivity contribution in [3.8, 4) is 0 Å². The van der Waals surface area contributed by atoms with Crippen LogP contribution < -0.4 is 10.2 Å². The molecule has 0 aliphatic carbocycles. The molecular weight excluding hydrogens is 480 g/mol. The van der Waals surface area contributed by atoms with Gasteiger partial charge in [0.1, 0.15) is 18.3 Å². The highest BCUT2D eigenvalue weighted by atomic mass is 16.6. The van der Waals surface area contributed by atoms with Crippen LogP contribution in [0.15, 0.2) is 30.6 Å². The Kier molecular flexibility index (Phi) is 6.86. The van der Waals surface area contributed by atoms with E-state index in [9.17, 15) is 20.1 Å². The zero-order valence-corrected chi connectivity index (χ0v) is 21.0. The van der Waals surface area contributed by atoms with E-state index in [0.717, 1.165) is 5.56 Å². The van der Waals surface area contributed by atoms with Gasteiger partial charge in [0.2, 0.25) is 5.95 Å². The van der Waals surface area contributed by atoms with Crippen molar-refractivity contribution in [2.45, 2.75) is 50.7 Å². The van der Waals surface area contributed by atoms with Gasteiger partial charge < -0.3 is 29.7 Å². The number of carbonyl (C=O) groups excluding carboxylic acids is 1. The van der Waals surface area contributed by atoms with Crippen molar-refractivity contribution in [1.82, 2.24) is 19.5 Å². The second-order valence-electron chi connectivity index (χ2n) is 10.3. The Morgan fingerprint density at radius 2 is 1.81 bits per heavy atom. The molecule has 2 fully saturated rings. The Morgan fingerprint density at radius 3 is 2.43 bits per heavy atom. The van der Waals surface area contributed by atoms with Crippen molar-refractivity contribution in [1.29, 1.82) is 0 Å². The molecule has 1 aromatic carbocycles. The Bertz CT molecular complexity index is 1270. The summed E-state index contributed by atoms with van der Waals surface area (Å²) < 4.78 is 12.6. The van der Waals surface area contributed by atoms with Gasteiger partial charge in [-0.1, -0.05) is 32.9 Å². The molecule has 4 N–H and O–H groups in total. The first-order valence-corrected chi connectivity index (χ1v) is 12.3. The lowest BCUT2D eigenvalue weighted by Crippen LogP contribution is -2.37. The fourth-order valence-electron chi connectivity index (χ4n) is 4.54. The maximum absolute atomic E-state index is 13.1. The number of hydrogen-bond acceptors (Lipinski definition) is 10. The second kappa shape index (κ2) is 9.95. The van der Waals surface area contributed by atoms with Crippen LogP contribution >= 0.6 is 0 Å². The summed E-state index contributed by atoms with van der Waals surface area (Å²) in [5.74, 6) is 0.205. The van der Waals surface area contributed by atoms with Crippen LogP contribution in [-0.4, -0.2) is 92.0 Å². The summed E-state index contributed by atoms with van der Waals surface area (Å²) in [6, 6.07) is 7.38. The van der Waals surface area contributed by atoms with E-state index in [2.05, 4.69) is 41.0 Å². The number of carbonyl (C=O) groups is 1. The number of anilines is 2. The van der Waals surface area contributed by atoms with Crippen LogP contribution in [0, 0.1) is 0 Å². The van der Waals surface area contributed by atoms with Gasteiger partial charge in [-0.2, -0.15) is 9.97 Å². The smallest absolute Gasteiger partial charge is 0.258 e. The molecule has 37 heavy (non-hydrogen) atoms. The number of benzene rings is 1. The number of amides is 1. The maximum atomic E-state index is 13.1. The molecule has 0 radical (unpaired) electrons. The summed E-state index contributed by atoms with van der Waals surface area (Å²) in [7, 11) is 0.